The molecule has 0 atom stereocenters. The van der Waals surface area contributed by atoms with Crippen LogP contribution in [-0.2, 0) is 0 Å². The zero-order valence-electron chi connectivity index (χ0n) is 15.5. The van der Waals surface area contributed by atoms with Gasteiger partial charge in [-0.25, -0.2) is 0 Å². The van der Waals surface area contributed by atoms with Crippen LogP contribution in [0.4, 0.5) is 0 Å². The minimum Gasteiger partial charge on any atom is -0.377 e. The monoisotopic (exact) mass is 419 g/mol. The number of carbonyl (C=O) groups excluding carboxylic acids is 1. The molecule has 3 rings (SSSR count). The number of hydrogen-bond donors (Lipinski definition) is 0. The number of carbonyl (C=O) groups is 1. The predicted octanol–water partition coefficient (Wildman–Crippen LogP) is 5.90. The summed E-state index contributed by atoms with van der Waals surface area (Å²) in [7, 11) is 3.94. The van der Waals surface area contributed by atoms with E-state index in [1.54, 1.807) is 0 Å². The van der Waals surface area contributed by atoms with Crippen molar-refractivity contribution in [3.05, 3.63) is 102 Å². The highest BCUT2D eigenvalue weighted by Gasteiger charge is 2.19. The van der Waals surface area contributed by atoms with Crippen LogP contribution in [-0.4, -0.2) is 30.1 Å². The lowest BCUT2D eigenvalue weighted by atomic mass is 9.97. The second kappa shape index (κ2) is 8.83. The third-order valence-corrected chi connectivity index (χ3v) is 5.00. The Labute approximate surface area is 169 Å². The second-order valence-electron chi connectivity index (χ2n) is 6.49. The molecule has 0 amide bonds. The number of nitrogens with zero attached hydrogens (tertiary/aromatic N) is 1. The molecule has 0 aliphatic heterocycles. The Balaban J connectivity index is 1.99. The van der Waals surface area contributed by atoms with Gasteiger partial charge >= 0.3 is 0 Å². The van der Waals surface area contributed by atoms with E-state index < -0.39 is 0 Å². The van der Waals surface area contributed by atoms with Crippen molar-refractivity contribution >= 4 is 27.4 Å². The largest absolute Gasteiger partial charge is 0.377 e. The summed E-state index contributed by atoms with van der Waals surface area (Å²) in [5, 5.41) is 0.495. The van der Waals surface area contributed by atoms with Gasteiger partial charge in [0.15, 0.2) is 5.78 Å². The lowest BCUT2D eigenvalue weighted by molar-refractivity contribution is 0.103. The molecule has 3 aromatic carbocycles. The van der Waals surface area contributed by atoms with Crippen LogP contribution in [0.3, 0.4) is 0 Å². The molecular formula is C24H22BrNO. The third-order valence-electron chi connectivity index (χ3n) is 4.44. The van der Waals surface area contributed by atoms with Crippen molar-refractivity contribution in [3.8, 4) is 11.1 Å². The van der Waals surface area contributed by atoms with Crippen LogP contribution in [0.5, 0.6) is 0 Å². The van der Waals surface area contributed by atoms with Crippen LogP contribution in [0.2, 0.25) is 0 Å². The van der Waals surface area contributed by atoms with E-state index in [0.717, 1.165) is 28.0 Å². The quantitative estimate of drug-likeness (QED) is 0.281. The average molecular weight is 420 g/mol. The van der Waals surface area contributed by atoms with Crippen molar-refractivity contribution in [2.24, 2.45) is 0 Å². The Morgan fingerprint density at radius 1 is 0.741 bits per heavy atom. The number of Topliss-reactive ketones (excluding diaryl/α,β-unsaturated/α-hetero) is 1. The van der Waals surface area contributed by atoms with Crippen LogP contribution in [0.15, 0.2) is 90.5 Å². The molecule has 0 heterocycles. The molecule has 0 N–H and O–H groups in total. The van der Waals surface area contributed by atoms with Crippen molar-refractivity contribution in [2.75, 3.05) is 19.4 Å². The summed E-state index contributed by atoms with van der Waals surface area (Å²) in [6, 6.07) is 28.0. The molecule has 0 fully saturated rings. The smallest absolute Gasteiger partial charge is 0.191 e. The summed E-state index contributed by atoms with van der Waals surface area (Å²) < 4.78 is 0. The van der Waals surface area contributed by atoms with Crippen LogP contribution in [0.1, 0.15) is 15.9 Å². The number of hydrogen-bond acceptors (Lipinski definition) is 2. The molecule has 0 radical (unpaired) electrons. The lowest BCUT2D eigenvalue weighted by Gasteiger charge is -2.21. The molecule has 0 bridgehead atoms. The first-order chi connectivity index (χ1) is 13.1. The van der Waals surface area contributed by atoms with Crippen molar-refractivity contribution in [1.82, 2.24) is 4.90 Å². The van der Waals surface area contributed by atoms with Gasteiger partial charge in [-0.1, -0.05) is 101 Å². The van der Waals surface area contributed by atoms with Gasteiger partial charge in [0.2, 0.25) is 0 Å². The maximum Gasteiger partial charge on any atom is 0.191 e. The van der Waals surface area contributed by atoms with Gasteiger partial charge in [-0.2, -0.15) is 0 Å². The van der Waals surface area contributed by atoms with Crippen LogP contribution in [0, 0.1) is 0 Å². The summed E-state index contributed by atoms with van der Waals surface area (Å²) >= 11 is 3.53. The van der Waals surface area contributed by atoms with E-state index in [4.69, 9.17) is 0 Å². The van der Waals surface area contributed by atoms with Crippen LogP contribution >= 0.6 is 15.9 Å². The summed E-state index contributed by atoms with van der Waals surface area (Å²) in [6.07, 6.45) is 0. The van der Waals surface area contributed by atoms with Gasteiger partial charge in [0, 0.05) is 30.6 Å². The Hall–Kier alpha value is -2.65. The normalized spacial score (nSPS) is 11.7. The fourth-order valence-corrected chi connectivity index (χ4v) is 3.67. The van der Waals surface area contributed by atoms with Gasteiger partial charge < -0.3 is 4.90 Å². The van der Waals surface area contributed by atoms with Gasteiger partial charge in [0.25, 0.3) is 0 Å². The van der Waals surface area contributed by atoms with Gasteiger partial charge in [-0.3, -0.25) is 4.79 Å². The first-order valence-corrected chi connectivity index (χ1v) is 9.96. The van der Waals surface area contributed by atoms with Crippen molar-refractivity contribution in [2.45, 2.75) is 0 Å². The fraction of sp³-hybridized carbons (Fsp3) is 0.125. The van der Waals surface area contributed by atoms with Crippen molar-refractivity contribution < 1.29 is 4.79 Å². The second-order valence-corrected chi connectivity index (χ2v) is 7.05. The molecule has 0 unspecified atom stereocenters. The molecule has 3 heteroatoms. The standard InChI is InChI=1S/C24H22BrNO/c1-26(2)23(20-11-7-4-8-12-20)22(17-25)24(27)21-15-13-19(14-16-21)18-9-5-3-6-10-18/h3-16H,17H2,1-2H3. The number of halogens is 1. The number of rotatable bonds is 6. The van der Waals surface area contributed by atoms with E-state index in [9.17, 15) is 4.79 Å². The minimum absolute atomic E-state index is 0.0408. The highest BCUT2D eigenvalue weighted by atomic mass is 79.9. The maximum atomic E-state index is 13.2. The molecule has 2 nitrogen and oxygen atoms in total. The highest BCUT2D eigenvalue weighted by molar-refractivity contribution is 9.09. The van der Waals surface area contributed by atoms with Crippen molar-refractivity contribution in [3.63, 3.8) is 0 Å². The molecule has 0 aromatic heterocycles. The predicted molar refractivity (Wildman–Crippen MR) is 117 cm³/mol. The number of ketones is 1. The Kier molecular flexibility index (Phi) is 6.25. The third kappa shape index (κ3) is 4.37. The van der Waals surface area contributed by atoms with Gasteiger partial charge in [-0.05, 0) is 16.7 Å². The Bertz CT molecular complexity index is 929. The zero-order chi connectivity index (χ0) is 19.2. The topological polar surface area (TPSA) is 20.3 Å². The van der Waals surface area contributed by atoms with Gasteiger partial charge in [-0.15, -0.1) is 0 Å². The SMILES string of the molecule is CN(C)C(=C(CBr)C(=O)c1ccc(-c2ccccc2)cc1)c1ccccc1. The molecule has 0 saturated heterocycles. The first kappa shape index (κ1) is 19.1. The summed E-state index contributed by atoms with van der Waals surface area (Å²) in [4.78, 5) is 15.2. The summed E-state index contributed by atoms with van der Waals surface area (Å²) in [5.41, 5.74) is 5.66. The first-order valence-electron chi connectivity index (χ1n) is 8.84. The number of alkyl halides is 1. The van der Waals surface area contributed by atoms with Gasteiger partial charge in [0.1, 0.15) is 0 Å². The Morgan fingerprint density at radius 3 is 1.78 bits per heavy atom. The van der Waals surface area contributed by atoms with E-state index >= 15 is 0 Å². The van der Waals surface area contributed by atoms with E-state index in [1.807, 2.05) is 91.8 Å². The van der Waals surface area contributed by atoms with E-state index in [0.29, 0.717) is 10.9 Å². The summed E-state index contributed by atoms with van der Waals surface area (Å²) in [6.45, 7) is 0. The zero-order valence-corrected chi connectivity index (χ0v) is 17.1. The fourth-order valence-electron chi connectivity index (χ4n) is 3.15. The molecule has 0 aliphatic rings. The molecule has 3 aromatic rings. The average Bonchev–Trinajstić information content (AvgIpc) is 2.72. The Morgan fingerprint density at radius 2 is 1.26 bits per heavy atom. The van der Waals surface area contributed by atoms with Gasteiger partial charge in [0.05, 0.1) is 5.70 Å². The van der Waals surface area contributed by atoms with E-state index in [1.165, 1.54) is 0 Å². The highest BCUT2D eigenvalue weighted by Crippen LogP contribution is 2.26. The van der Waals surface area contributed by atoms with E-state index in [-0.39, 0.29) is 5.78 Å². The molecule has 0 aliphatic carbocycles. The molecule has 0 saturated carbocycles. The van der Waals surface area contributed by atoms with E-state index in [2.05, 4.69) is 28.1 Å². The maximum absolute atomic E-state index is 13.2. The summed E-state index contributed by atoms with van der Waals surface area (Å²) in [5.74, 6) is 0.0408. The number of benzene rings is 3. The number of allylic oxidation sites excluding steroid dienone is 1. The molecule has 0 spiro atoms. The molecular weight excluding hydrogens is 398 g/mol. The molecule has 27 heavy (non-hydrogen) atoms. The van der Waals surface area contributed by atoms with Crippen LogP contribution < -0.4 is 0 Å². The molecule has 136 valence electrons. The minimum atomic E-state index is 0.0408. The van der Waals surface area contributed by atoms with Crippen molar-refractivity contribution in [1.29, 1.82) is 0 Å². The van der Waals surface area contributed by atoms with Crippen LogP contribution in [0.25, 0.3) is 16.8 Å². The lowest BCUT2D eigenvalue weighted by Crippen LogP contribution is -2.17.